The molecule has 0 spiro atoms. The molecule has 1 N–H and O–H groups in total. The van der Waals surface area contributed by atoms with Crippen molar-refractivity contribution in [3.05, 3.63) is 35.7 Å². The number of carbonyl (C=O) groups is 1. The predicted octanol–water partition coefficient (Wildman–Crippen LogP) is 4.61. The van der Waals surface area contributed by atoms with Gasteiger partial charge in [0.15, 0.2) is 5.82 Å². The van der Waals surface area contributed by atoms with E-state index in [-0.39, 0.29) is 48.6 Å². The lowest BCUT2D eigenvalue weighted by molar-refractivity contribution is -0.190. The Bertz CT molecular complexity index is 1250. The van der Waals surface area contributed by atoms with Crippen LogP contribution in [0, 0.1) is 16.7 Å². The summed E-state index contributed by atoms with van der Waals surface area (Å²) in [7, 11) is -3.77. The predicted molar refractivity (Wildman–Crippen MR) is 126 cm³/mol. The molecule has 1 amide bonds. The minimum absolute atomic E-state index is 0.0869. The lowest BCUT2D eigenvalue weighted by Crippen LogP contribution is -2.31. The second kappa shape index (κ2) is 9.04. The summed E-state index contributed by atoms with van der Waals surface area (Å²) in [6.07, 6.45) is 0.104. The molecule has 2 fully saturated rings. The Labute approximate surface area is 208 Å². The quantitative estimate of drug-likeness (QED) is 0.537. The summed E-state index contributed by atoms with van der Waals surface area (Å²) in [5.74, 6) is 0.128. The van der Waals surface area contributed by atoms with E-state index in [0.717, 1.165) is 19.1 Å². The second-order valence-corrected chi connectivity index (χ2v) is 12.6. The molecule has 4 rings (SSSR count). The molecule has 2 aliphatic carbocycles. The zero-order valence-corrected chi connectivity index (χ0v) is 21.5. The Morgan fingerprint density at radius 1 is 1.25 bits per heavy atom. The highest BCUT2D eigenvalue weighted by molar-refractivity contribution is 7.89. The van der Waals surface area contributed by atoms with Crippen molar-refractivity contribution in [3.63, 3.8) is 0 Å². The van der Waals surface area contributed by atoms with Gasteiger partial charge < -0.3 is 4.74 Å². The highest BCUT2D eigenvalue weighted by Crippen LogP contribution is 2.59. The minimum Gasteiger partial charge on any atom is -0.477 e. The molecule has 2 atom stereocenters. The normalized spacial score (nSPS) is 22.9. The Morgan fingerprint density at radius 2 is 1.94 bits per heavy atom. The fraction of sp³-hybridized carbons (Fsp3) is 0.625. The Balaban J connectivity index is 1.58. The van der Waals surface area contributed by atoms with Crippen molar-refractivity contribution in [3.8, 4) is 11.7 Å². The monoisotopic (exact) mass is 528 g/mol. The van der Waals surface area contributed by atoms with Crippen LogP contribution in [0.15, 0.2) is 24.4 Å². The SMILES string of the molecule is C[C@@H]1CC(c2nc(-n3ccc(OCCC4(C(F)(F)F)CC4)n3)ccc2C(=O)NS(C)(=O)=O)C(C)(C)C1. The topological polar surface area (TPSA) is 103 Å². The maximum Gasteiger partial charge on any atom is 0.394 e. The molecule has 12 heteroatoms. The average molecular weight is 529 g/mol. The van der Waals surface area contributed by atoms with Crippen molar-refractivity contribution in [1.29, 1.82) is 0 Å². The number of carbonyl (C=O) groups excluding carboxylic acids is 1. The molecule has 36 heavy (non-hydrogen) atoms. The lowest BCUT2D eigenvalue weighted by atomic mass is 9.78. The van der Waals surface area contributed by atoms with Crippen LogP contribution >= 0.6 is 0 Å². The Morgan fingerprint density at radius 3 is 2.50 bits per heavy atom. The average Bonchev–Trinajstić information content (AvgIpc) is 3.30. The number of ether oxygens (including phenoxy) is 1. The zero-order chi connectivity index (χ0) is 26.5. The summed E-state index contributed by atoms with van der Waals surface area (Å²) >= 11 is 0. The van der Waals surface area contributed by atoms with Gasteiger partial charge in [0.1, 0.15) is 0 Å². The van der Waals surface area contributed by atoms with Gasteiger partial charge in [0, 0.05) is 18.2 Å². The van der Waals surface area contributed by atoms with Crippen LogP contribution in [0.2, 0.25) is 0 Å². The zero-order valence-electron chi connectivity index (χ0n) is 20.7. The van der Waals surface area contributed by atoms with Gasteiger partial charge in [0.05, 0.1) is 29.5 Å². The maximum atomic E-state index is 13.1. The number of nitrogens with zero attached hydrogens (tertiary/aromatic N) is 3. The number of amides is 1. The number of rotatable bonds is 8. The third-order valence-corrected chi connectivity index (χ3v) is 7.86. The third-order valence-electron chi connectivity index (χ3n) is 7.30. The smallest absolute Gasteiger partial charge is 0.394 e. The van der Waals surface area contributed by atoms with Crippen molar-refractivity contribution >= 4 is 15.9 Å². The molecule has 2 saturated carbocycles. The number of alkyl halides is 3. The van der Waals surface area contributed by atoms with Gasteiger partial charge in [0.25, 0.3) is 5.91 Å². The molecule has 2 aliphatic rings. The van der Waals surface area contributed by atoms with Gasteiger partial charge in [-0.2, -0.15) is 13.2 Å². The minimum atomic E-state index is -4.23. The summed E-state index contributed by atoms with van der Waals surface area (Å²) in [4.78, 5) is 17.5. The molecule has 1 unspecified atom stereocenters. The fourth-order valence-corrected chi connectivity index (χ4v) is 5.74. The van der Waals surface area contributed by atoms with Crippen LogP contribution in [-0.4, -0.2) is 48.1 Å². The Hall–Kier alpha value is -2.63. The van der Waals surface area contributed by atoms with Gasteiger partial charge in [-0.05, 0) is 55.6 Å². The van der Waals surface area contributed by atoms with Crippen LogP contribution in [0.25, 0.3) is 5.82 Å². The molecule has 0 aliphatic heterocycles. The number of sulfonamides is 1. The maximum absolute atomic E-state index is 13.1. The molecular weight excluding hydrogens is 497 g/mol. The van der Waals surface area contributed by atoms with Crippen LogP contribution in [0.4, 0.5) is 13.2 Å². The van der Waals surface area contributed by atoms with E-state index in [2.05, 4.69) is 25.9 Å². The summed E-state index contributed by atoms with van der Waals surface area (Å²) in [5, 5.41) is 4.29. The molecule has 0 saturated heterocycles. The highest BCUT2D eigenvalue weighted by atomic mass is 32.2. The standard InChI is InChI=1S/C24H31F3N4O4S/c1-15-13-17(22(2,3)14-15)20-16(21(32)30-36(4,33)34)5-6-18(28-20)31-11-7-19(29-31)35-12-10-23(8-9-23)24(25,26)27/h5-7,11,15,17H,8-10,12-14H2,1-4H3,(H,30,32)/t15-,17?/m1/s1. The summed E-state index contributed by atoms with van der Waals surface area (Å²) in [5.41, 5.74) is -1.14. The second-order valence-electron chi connectivity index (χ2n) is 10.9. The molecule has 0 bridgehead atoms. The van der Waals surface area contributed by atoms with E-state index in [1.807, 2.05) is 4.72 Å². The van der Waals surface area contributed by atoms with Crippen molar-refractivity contribution in [1.82, 2.24) is 19.5 Å². The lowest BCUT2D eigenvalue weighted by Gasteiger charge is -2.28. The number of aromatic nitrogens is 3. The van der Waals surface area contributed by atoms with E-state index in [0.29, 0.717) is 17.4 Å². The van der Waals surface area contributed by atoms with E-state index in [4.69, 9.17) is 9.72 Å². The van der Waals surface area contributed by atoms with Crippen LogP contribution < -0.4 is 9.46 Å². The molecule has 198 valence electrons. The fourth-order valence-electron chi connectivity index (χ4n) is 5.29. The van der Waals surface area contributed by atoms with E-state index < -0.39 is 27.5 Å². The summed E-state index contributed by atoms with van der Waals surface area (Å²) in [6.45, 7) is 6.22. The van der Waals surface area contributed by atoms with E-state index in [9.17, 15) is 26.4 Å². The first-order valence-electron chi connectivity index (χ1n) is 11.9. The van der Waals surface area contributed by atoms with Gasteiger partial charge in [-0.15, -0.1) is 5.10 Å². The molecule has 0 radical (unpaired) electrons. The largest absolute Gasteiger partial charge is 0.477 e. The third kappa shape index (κ3) is 5.52. The first-order valence-corrected chi connectivity index (χ1v) is 13.8. The number of hydrogen-bond acceptors (Lipinski definition) is 6. The van der Waals surface area contributed by atoms with Crippen LogP contribution in [0.5, 0.6) is 5.88 Å². The number of nitrogens with one attached hydrogen (secondary N) is 1. The molecular formula is C24H31F3N4O4S. The number of hydrogen-bond donors (Lipinski definition) is 1. The van der Waals surface area contributed by atoms with Crippen LogP contribution in [-0.2, 0) is 10.0 Å². The van der Waals surface area contributed by atoms with E-state index in [1.54, 1.807) is 18.3 Å². The first kappa shape index (κ1) is 26.4. The van der Waals surface area contributed by atoms with Crippen LogP contribution in [0.3, 0.4) is 0 Å². The molecule has 8 nitrogen and oxygen atoms in total. The number of pyridine rings is 1. The molecule has 2 aromatic rings. The highest BCUT2D eigenvalue weighted by Gasteiger charge is 2.62. The van der Waals surface area contributed by atoms with Crippen molar-refractivity contribution < 1.29 is 31.1 Å². The number of halogens is 3. The van der Waals surface area contributed by atoms with Crippen molar-refractivity contribution in [2.75, 3.05) is 12.9 Å². The summed E-state index contributed by atoms with van der Waals surface area (Å²) in [6, 6.07) is 4.62. The molecule has 2 aromatic heterocycles. The molecule has 0 aromatic carbocycles. The van der Waals surface area contributed by atoms with Gasteiger partial charge >= 0.3 is 6.18 Å². The van der Waals surface area contributed by atoms with E-state index >= 15 is 0 Å². The van der Waals surface area contributed by atoms with Crippen molar-refractivity contribution in [2.24, 2.45) is 16.7 Å². The van der Waals surface area contributed by atoms with Gasteiger partial charge in [0.2, 0.25) is 15.9 Å². The van der Waals surface area contributed by atoms with Gasteiger partial charge in [-0.1, -0.05) is 20.8 Å². The molecule has 2 heterocycles. The van der Waals surface area contributed by atoms with Crippen LogP contribution in [0.1, 0.15) is 74.8 Å². The van der Waals surface area contributed by atoms with Crippen molar-refractivity contribution in [2.45, 2.75) is 65.0 Å². The van der Waals surface area contributed by atoms with Gasteiger partial charge in [-0.3, -0.25) is 4.79 Å². The first-order chi connectivity index (χ1) is 16.6. The van der Waals surface area contributed by atoms with E-state index in [1.165, 1.54) is 10.7 Å². The summed E-state index contributed by atoms with van der Waals surface area (Å²) < 4.78 is 71.7. The van der Waals surface area contributed by atoms with Gasteiger partial charge in [-0.25, -0.2) is 22.8 Å². The Kier molecular flexibility index (Phi) is 6.64.